The van der Waals surface area contributed by atoms with Crippen molar-refractivity contribution in [3.63, 3.8) is 0 Å². The SMILES string of the molecule is COc1ccc([C@@H](O)c2ccccc2F)c(OC)c1. The molecule has 0 saturated carbocycles. The van der Waals surface area contributed by atoms with Crippen molar-refractivity contribution in [1.29, 1.82) is 0 Å². The zero-order valence-corrected chi connectivity index (χ0v) is 10.8. The molecule has 0 aromatic heterocycles. The Morgan fingerprint density at radius 3 is 2.37 bits per heavy atom. The summed E-state index contributed by atoms with van der Waals surface area (Å²) < 4.78 is 24.0. The number of benzene rings is 2. The van der Waals surface area contributed by atoms with Crippen LogP contribution in [0.15, 0.2) is 42.5 Å². The molecular weight excluding hydrogens is 247 g/mol. The van der Waals surface area contributed by atoms with Crippen LogP contribution in [0.2, 0.25) is 0 Å². The Morgan fingerprint density at radius 2 is 1.74 bits per heavy atom. The molecule has 100 valence electrons. The van der Waals surface area contributed by atoms with Crippen LogP contribution in [0.5, 0.6) is 11.5 Å². The Balaban J connectivity index is 2.44. The number of hydrogen-bond acceptors (Lipinski definition) is 3. The van der Waals surface area contributed by atoms with E-state index >= 15 is 0 Å². The molecule has 4 heteroatoms. The number of ether oxygens (including phenoxy) is 2. The summed E-state index contributed by atoms with van der Waals surface area (Å²) in [4.78, 5) is 0. The van der Waals surface area contributed by atoms with Crippen molar-refractivity contribution >= 4 is 0 Å². The van der Waals surface area contributed by atoms with Crippen molar-refractivity contribution in [2.45, 2.75) is 6.10 Å². The van der Waals surface area contributed by atoms with Gasteiger partial charge >= 0.3 is 0 Å². The number of hydrogen-bond donors (Lipinski definition) is 1. The molecule has 0 aliphatic heterocycles. The summed E-state index contributed by atoms with van der Waals surface area (Å²) in [6.07, 6.45) is -1.08. The summed E-state index contributed by atoms with van der Waals surface area (Å²) in [6, 6.07) is 11.1. The molecule has 0 unspecified atom stereocenters. The molecule has 2 rings (SSSR count). The standard InChI is InChI=1S/C15H15FO3/c1-18-10-7-8-12(14(9-10)19-2)15(17)11-5-3-4-6-13(11)16/h3-9,15,17H,1-2H3/t15-/m0/s1. The fourth-order valence-corrected chi connectivity index (χ4v) is 1.91. The maximum Gasteiger partial charge on any atom is 0.129 e. The van der Waals surface area contributed by atoms with Crippen molar-refractivity contribution in [2.24, 2.45) is 0 Å². The molecule has 3 nitrogen and oxygen atoms in total. The van der Waals surface area contributed by atoms with Gasteiger partial charge in [0.05, 0.1) is 14.2 Å². The summed E-state index contributed by atoms with van der Waals surface area (Å²) in [5, 5.41) is 10.3. The monoisotopic (exact) mass is 262 g/mol. The van der Waals surface area contributed by atoms with Crippen molar-refractivity contribution in [2.75, 3.05) is 14.2 Å². The van der Waals surface area contributed by atoms with Gasteiger partial charge in [-0.15, -0.1) is 0 Å². The van der Waals surface area contributed by atoms with E-state index in [1.165, 1.54) is 13.2 Å². The van der Waals surface area contributed by atoms with Crippen LogP contribution in [-0.4, -0.2) is 19.3 Å². The smallest absolute Gasteiger partial charge is 0.129 e. The summed E-state index contributed by atoms with van der Waals surface area (Å²) in [7, 11) is 3.04. The highest BCUT2D eigenvalue weighted by Gasteiger charge is 2.18. The number of methoxy groups -OCH3 is 2. The molecule has 0 radical (unpaired) electrons. The van der Waals surface area contributed by atoms with E-state index < -0.39 is 11.9 Å². The van der Waals surface area contributed by atoms with Crippen molar-refractivity contribution in [3.05, 3.63) is 59.4 Å². The van der Waals surface area contributed by atoms with E-state index in [0.29, 0.717) is 17.1 Å². The van der Waals surface area contributed by atoms with E-state index in [-0.39, 0.29) is 5.56 Å². The minimum absolute atomic E-state index is 0.214. The van der Waals surface area contributed by atoms with Gasteiger partial charge < -0.3 is 14.6 Å². The van der Waals surface area contributed by atoms with Crippen LogP contribution in [0.3, 0.4) is 0 Å². The molecule has 0 amide bonds. The van der Waals surface area contributed by atoms with Gasteiger partial charge in [-0.05, 0) is 18.2 Å². The third-order valence-corrected chi connectivity index (χ3v) is 2.94. The van der Waals surface area contributed by atoms with Crippen LogP contribution in [0.1, 0.15) is 17.2 Å². The fourth-order valence-electron chi connectivity index (χ4n) is 1.91. The topological polar surface area (TPSA) is 38.7 Å². The molecule has 0 aliphatic rings. The van der Waals surface area contributed by atoms with Gasteiger partial charge in [0.15, 0.2) is 0 Å². The molecule has 0 fully saturated rings. The van der Waals surface area contributed by atoms with Crippen molar-refractivity contribution < 1.29 is 19.0 Å². The maximum absolute atomic E-state index is 13.7. The van der Waals surface area contributed by atoms with E-state index in [0.717, 1.165) is 0 Å². The van der Waals surface area contributed by atoms with Gasteiger partial charge in [0.2, 0.25) is 0 Å². The summed E-state index contributed by atoms with van der Waals surface area (Å²) in [5.74, 6) is 0.615. The molecule has 19 heavy (non-hydrogen) atoms. The van der Waals surface area contributed by atoms with Gasteiger partial charge in [0.25, 0.3) is 0 Å². The van der Waals surface area contributed by atoms with Crippen LogP contribution >= 0.6 is 0 Å². The lowest BCUT2D eigenvalue weighted by Crippen LogP contribution is -2.04. The minimum Gasteiger partial charge on any atom is -0.497 e. The molecule has 0 bridgehead atoms. The van der Waals surface area contributed by atoms with Crippen molar-refractivity contribution in [1.82, 2.24) is 0 Å². The third-order valence-electron chi connectivity index (χ3n) is 2.94. The van der Waals surface area contributed by atoms with Crippen LogP contribution in [0, 0.1) is 5.82 Å². The van der Waals surface area contributed by atoms with Crippen LogP contribution < -0.4 is 9.47 Å². The predicted molar refractivity (Wildman–Crippen MR) is 70.0 cm³/mol. The molecule has 0 spiro atoms. The first kappa shape index (κ1) is 13.4. The van der Waals surface area contributed by atoms with Crippen LogP contribution in [-0.2, 0) is 0 Å². The van der Waals surface area contributed by atoms with Gasteiger partial charge in [-0.2, -0.15) is 0 Å². The van der Waals surface area contributed by atoms with E-state index in [1.807, 2.05) is 0 Å². The second-order valence-corrected chi connectivity index (χ2v) is 4.03. The Morgan fingerprint density at radius 1 is 1.00 bits per heavy atom. The quantitative estimate of drug-likeness (QED) is 0.920. The zero-order chi connectivity index (χ0) is 13.8. The first-order chi connectivity index (χ1) is 9.17. The largest absolute Gasteiger partial charge is 0.497 e. The Kier molecular flexibility index (Phi) is 4.02. The van der Waals surface area contributed by atoms with Gasteiger partial charge in [-0.1, -0.05) is 18.2 Å². The average Bonchev–Trinajstić information content (AvgIpc) is 2.46. The number of aliphatic hydroxyl groups excluding tert-OH is 1. The predicted octanol–water partition coefficient (Wildman–Crippen LogP) is 2.92. The summed E-state index contributed by atoms with van der Waals surface area (Å²) in [5.41, 5.74) is 0.708. The zero-order valence-electron chi connectivity index (χ0n) is 10.8. The highest BCUT2D eigenvalue weighted by molar-refractivity contribution is 5.45. The normalized spacial score (nSPS) is 12.0. The molecule has 1 N–H and O–H groups in total. The van der Waals surface area contributed by atoms with E-state index in [4.69, 9.17) is 9.47 Å². The van der Waals surface area contributed by atoms with Crippen molar-refractivity contribution in [3.8, 4) is 11.5 Å². The van der Waals surface area contributed by atoms with Gasteiger partial charge in [-0.25, -0.2) is 4.39 Å². The molecule has 1 atom stereocenters. The minimum atomic E-state index is -1.08. The van der Waals surface area contributed by atoms with Gasteiger partial charge in [0.1, 0.15) is 23.4 Å². The number of rotatable bonds is 4. The van der Waals surface area contributed by atoms with Crippen LogP contribution in [0.25, 0.3) is 0 Å². The number of aliphatic hydroxyl groups is 1. The Hall–Kier alpha value is -2.07. The summed E-state index contributed by atoms with van der Waals surface area (Å²) in [6.45, 7) is 0. The highest BCUT2D eigenvalue weighted by Crippen LogP contribution is 2.33. The van der Waals surface area contributed by atoms with Gasteiger partial charge in [-0.3, -0.25) is 0 Å². The lowest BCUT2D eigenvalue weighted by atomic mass is 10.00. The highest BCUT2D eigenvalue weighted by atomic mass is 19.1. The van der Waals surface area contributed by atoms with E-state index in [1.54, 1.807) is 43.5 Å². The molecular formula is C15H15FO3. The second kappa shape index (κ2) is 5.71. The molecule has 0 saturated heterocycles. The molecule has 2 aromatic carbocycles. The molecule has 0 heterocycles. The molecule has 2 aromatic rings. The van der Waals surface area contributed by atoms with E-state index in [2.05, 4.69) is 0 Å². The van der Waals surface area contributed by atoms with Gasteiger partial charge in [0, 0.05) is 17.2 Å². The fraction of sp³-hybridized carbons (Fsp3) is 0.200. The Labute approximate surface area is 111 Å². The lowest BCUT2D eigenvalue weighted by Gasteiger charge is -2.16. The maximum atomic E-state index is 13.7. The summed E-state index contributed by atoms with van der Waals surface area (Å²) >= 11 is 0. The van der Waals surface area contributed by atoms with Crippen LogP contribution in [0.4, 0.5) is 4.39 Å². The third kappa shape index (κ3) is 2.69. The van der Waals surface area contributed by atoms with E-state index in [9.17, 15) is 9.50 Å². The number of halogens is 1. The lowest BCUT2D eigenvalue weighted by molar-refractivity contribution is 0.209. The second-order valence-electron chi connectivity index (χ2n) is 4.03. The molecule has 0 aliphatic carbocycles. The average molecular weight is 262 g/mol. The Bertz CT molecular complexity index is 569. The first-order valence-corrected chi connectivity index (χ1v) is 5.81. The first-order valence-electron chi connectivity index (χ1n) is 5.81.